The Morgan fingerprint density at radius 3 is 2.85 bits per heavy atom. The van der Waals surface area contributed by atoms with Crippen LogP contribution in [0.25, 0.3) is 0 Å². The topological polar surface area (TPSA) is 127 Å². The Bertz CT molecular complexity index is 541. The summed E-state index contributed by atoms with van der Waals surface area (Å²) in [7, 11) is 0. The summed E-state index contributed by atoms with van der Waals surface area (Å²) in [6.07, 6.45) is 3.84. The first-order valence-corrected chi connectivity index (χ1v) is 6.14. The lowest BCUT2D eigenvalue weighted by Crippen LogP contribution is -2.35. The normalized spacial score (nSPS) is 21.6. The van der Waals surface area contributed by atoms with E-state index >= 15 is 0 Å². The zero-order valence-corrected chi connectivity index (χ0v) is 10.6. The van der Waals surface area contributed by atoms with Gasteiger partial charge in [0.25, 0.3) is 0 Å². The van der Waals surface area contributed by atoms with Gasteiger partial charge in [0.1, 0.15) is 18.9 Å². The number of nitrogens with zero attached hydrogens (tertiary/aromatic N) is 3. The van der Waals surface area contributed by atoms with Crippen molar-refractivity contribution < 1.29 is 19.6 Å². The third kappa shape index (κ3) is 3.31. The van der Waals surface area contributed by atoms with Crippen molar-refractivity contribution in [2.75, 3.05) is 0 Å². The molecule has 20 heavy (non-hydrogen) atoms. The predicted molar refractivity (Wildman–Crippen MR) is 65.8 cm³/mol. The maximum Gasteiger partial charge on any atom is 0.307 e. The molecule has 2 rings (SSSR count). The van der Waals surface area contributed by atoms with Crippen LogP contribution >= 0.6 is 0 Å². The van der Waals surface area contributed by atoms with Crippen molar-refractivity contribution >= 4 is 17.6 Å². The number of rotatable bonds is 5. The standard InChI is InChI=1S/C11H14N4O5/c16-10(6-14-5-9(4-12-14)15(19)20)13-8-2-1-7(3-8)11(17)18/h4-5,7-8H,1-3,6H2,(H,13,16)(H,17,18). The van der Waals surface area contributed by atoms with E-state index in [4.69, 9.17) is 5.11 Å². The third-order valence-corrected chi connectivity index (χ3v) is 3.28. The number of carbonyl (C=O) groups is 2. The summed E-state index contributed by atoms with van der Waals surface area (Å²) in [5.74, 6) is -1.59. The maximum absolute atomic E-state index is 11.7. The zero-order valence-electron chi connectivity index (χ0n) is 10.6. The summed E-state index contributed by atoms with van der Waals surface area (Å²) < 4.78 is 1.18. The highest BCUT2D eigenvalue weighted by molar-refractivity contribution is 5.76. The van der Waals surface area contributed by atoms with Crippen LogP contribution in [0.4, 0.5) is 5.69 Å². The number of carboxylic acids is 1. The average Bonchev–Trinajstić information content (AvgIpc) is 2.98. The summed E-state index contributed by atoms with van der Waals surface area (Å²) in [6, 6.07) is -0.158. The molecule has 0 saturated heterocycles. The lowest BCUT2D eigenvalue weighted by atomic mass is 10.1. The van der Waals surface area contributed by atoms with Gasteiger partial charge in [-0.2, -0.15) is 5.10 Å². The van der Waals surface area contributed by atoms with Gasteiger partial charge in [0.05, 0.1) is 10.8 Å². The second-order valence-electron chi connectivity index (χ2n) is 4.77. The SMILES string of the molecule is O=C(Cn1cc([N+](=O)[O-])cn1)NC1CCC(C(=O)O)C1. The van der Waals surface area contributed by atoms with Crippen molar-refractivity contribution in [2.24, 2.45) is 5.92 Å². The molecular formula is C11H14N4O5. The average molecular weight is 282 g/mol. The highest BCUT2D eigenvalue weighted by atomic mass is 16.6. The number of nitrogens with one attached hydrogen (secondary N) is 1. The van der Waals surface area contributed by atoms with Crippen LogP contribution in [-0.2, 0) is 16.1 Å². The fraction of sp³-hybridized carbons (Fsp3) is 0.545. The number of aromatic nitrogens is 2. The van der Waals surface area contributed by atoms with E-state index in [0.29, 0.717) is 19.3 Å². The van der Waals surface area contributed by atoms with Gasteiger partial charge in [-0.25, -0.2) is 0 Å². The Labute approximate surface area is 113 Å². The quantitative estimate of drug-likeness (QED) is 0.585. The summed E-state index contributed by atoms with van der Waals surface area (Å²) in [6.45, 7) is -0.123. The van der Waals surface area contributed by atoms with E-state index in [2.05, 4.69) is 10.4 Å². The minimum Gasteiger partial charge on any atom is -0.481 e. The van der Waals surface area contributed by atoms with Gasteiger partial charge in [0.15, 0.2) is 0 Å². The fourth-order valence-corrected chi connectivity index (χ4v) is 2.29. The lowest BCUT2D eigenvalue weighted by molar-refractivity contribution is -0.385. The second-order valence-corrected chi connectivity index (χ2v) is 4.77. The van der Waals surface area contributed by atoms with Crippen LogP contribution in [0.2, 0.25) is 0 Å². The minimum atomic E-state index is -0.843. The van der Waals surface area contributed by atoms with E-state index in [1.54, 1.807) is 0 Å². The molecule has 1 amide bonds. The highest BCUT2D eigenvalue weighted by Gasteiger charge is 2.30. The molecule has 0 bridgehead atoms. The molecule has 108 valence electrons. The number of carbonyl (C=O) groups excluding carboxylic acids is 1. The predicted octanol–water partition coefficient (Wildman–Crippen LogP) is 0.161. The highest BCUT2D eigenvalue weighted by Crippen LogP contribution is 2.25. The van der Waals surface area contributed by atoms with E-state index in [1.807, 2.05) is 0 Å². The summed E-state index contributed by atoms with van der Waals surface area (Å²) >= 11 is 0. The molecule has 1 aromatic heterocycles. The summed E-state index contributed by atoms with van der Waals surface area (Å²) in [5.41, 5.74) is -0.176. The molecule has 9 heteroatoms. The Hall–Kier alpha value is -2.45. The molecule has 1 aliphatic carbocycles. The second kappa shape index (κ2) is 5.68. The lowest BCUT2D eigenvalue weighted by Gasteiger charge is -2.12. The van der Waals surface area contributed by atoms with Gasteiger partial charge in [-0.3, -0.25) is 24.4 Å². The molecule has 0 spiro atoms. The van der Waals surface area contributed by atoms with Gasteiger partial charge in [-0.05, 0) is 19.3 Å². The van der Waals surface area contributed by atoms with Crippen LogP contribution in [0.5, 0.6) is 0 Å². The van der Waals surface area contributed by atoms with Crippen LogP contribution in [0, 0.1) is 16.0 Å². The Morgan fingerprint density at radius 1 is 1.55 bits per heavy atom. The molecule has 1 heterocycles. The number of hydrogen-bond donors (Lipinski definition) is 2. The van der Waals surface area contributed by atoms with E-state index in [-0.39, 0.29) is 24.2 Å². The number of hydrogen-bond acceptors (Lipinski definition) is 5. The van der Waals surface area contributed by atoms with Gasteiger partial charge in [-0.15, -0.1) is 0 Å². The van der Waals surface area contributed by atoms with Crippen LogP contribution in [-0.4, -0.2) is 37.7 Å². The van der Waals surface area contributed by atoms with Gasteiger partial charge < -0.3 is 10.4 Å². The molecule has 1 fully saturated rings. The molecule has 0 aromatic carbocycles. The maximum atomic E-state index is 11.7. The van der Waals surface area contributed by atoms with Gasteiger partial charge in [0.2, 0.25) is 5.91 Å². The molecule has 9 nitrogen and oxygen atoms in total. The van der Waals surface area contributed by atoms with E-state index < -0.39 is 16.8 Å². The number of nitro groups is 1. The molecule has 2 atom stereocenters. The van der Waals surface area contributed by atoms with Crippen molar-refractivity contribution in [2.45, 2.75) is 31.8 Å². The first kappa shape index (κ1) is 14.0. The molecule has 1 saturated carbocycles. The van der Waals surface area contributed by atoms with E-state index in [0.717, 1.165) is 6.20 Å². The van der Waals surface area contributed by atoms with Crippen LogP contribution in [0.1, 0.15) is 19.3 Å². The third-order valence-electron chi connectivity index (χ3n) is 3.28. The molecule has 0 radical (unpaired) electrons. The van der Waals surface area contributed by atoms with Crippen LogP contribution in [0.3, 0.4) is 0 Å². The fourth-order valence-electron chi connectivity index (χ4n) is 2.29. The van der Waals surface area contributed by atoms with Gasteiger partial charge in [-0.1, -0.05) is 0 Å². The molecule has 0 aliphatic heterocycles. The smallest absolute Gasteiger partial charge is 0.307 e. The Kier molecular flexibility index (Phi) is 3.97. The van der Waals surface area contributed by atoms with E-state index in [1.165, 1.54) is 10.9 Å². The van der Waals surface area contributed by atoms with E-state index in [9.17, 15) is 19.7 Å². The van der Waals surface area contributed by atoms with Crippen molar-refractivity contribution in [1.82, 2.24) is 15.1 Å². The number of carboxylic acid groups (broad SMARTS) is 1. The van der Waals surface area contributed by atoms with Crippen LogP contribution < -0.4 is 5.32 Å². The molecule has 1 aromatic rings. The molecule has 2 N–H and O–H groups in total. The van der Waals surface area contributed by atoms with Crippen molar-refractivity contribution in [3.8, 4) is 0 Å². The largest absolute Gasteiger partial charge is 0.481 e. The molecule has 1 aliphatic rings. The Balaban J connectivity index is 1.83. The van der Waals surface area contributed by atoms with Crippen molar-refractivity contribution in [1.29, 1.82) is 0 Å². The van der Waals surface area contributed by atoms with Crippen molar-refractivity contribution in [3.63, 3.8) is 0 Å². The van der Waals surface area contributed by atoms with Crippen LogP contribution in [0.15, 0.2) is 12.4 Å². The van der Waals surface area contributed by atoms with Gasteiger partial charge in [0, 0.05) is 6.04 Å². The molecule has 2 unspecified atom stereocenters. The Morgan fingerprint density at radius 2 is 2.30 bits per heavy atom. The minimum absolute atomic E-state index is 0.123. The summed E-state index contributed by atoms with van der Waals surface area (Å²) in [4.78, 5) is 32.4. The van der Waals surface area contributed by atoms with Crippen molar-refractivity contribution in [3.05, 3.63) is 22.5 Å². The summed E-state index contributed by atoms with van der Waals surface area (Å²) in [5, 5.41) is 25.8. The number of amides is 1. The first-order chi connectivity index (χ1) is 9.45. The zero-order chi connectivity index (χ0) is 14.7. The first-order valence-electron chi connectivity index (χ1n) is 6.14. The number of aliphatic carboxylic acids is 1. The monoisotopic (exact) mass is 282 g/mol. The molecular weight excluding hydrogens is 268 g/mol. The van der Waals surface area contributed by atoms with Gasteiger partial charge >= 0.3 is 11.7 Å².